The lowest BCUT2D eigenvalue weighted by Gasteiger charge is -2.46. The molecule has 0 radical (unpaired) electrons. The first kappa shape index (κ1) is 47.9. The van der Waals surface area contributed by atoms with Gasteiger partial charge < -0.3 is 119 Å². The first-order chi connectivity index (χ1) is 30.2. The Balaban J connectivity index is 1.28. The topological polar surface area (TPSA) is 408 Å². The normalized spacial score (nSPS) is 40.6. The molecular weight excluding hydrogens is 868 g/mol. The predicted octanol–water partition coefficient (Wildman–Crippen LogP) is -5.36. The second kappa shape index (κ2) is 19.0. The molecule has 356 valence electrons. The Morgan fingerprint density at radius 2 is 1.14 bits per heavy atom. The van der Waals surface area contributed by atoms with E-state index in [0.717, 1.165) is 30.3 Å². The van der Waals surface area contributed by atoms with Crippen LogP contribution in [0.25, 0.3) is 22.3 Å². The van der Waals surface area contributed by atoms with Gasteiger partial charge in [0, 0.05) is 17.7 Å². The molecule has 15 N–H and O–H groups in total. The summed E-state index contributed by atoms with van der Waals surface area (Å²) in [5.74, 6) is -3.91. The molecule has 0 bridgehead atoms. The molecule has 0 aliphatic carbocycles. The van der Waals surface area contributed by atoms with Crippen molar-refractivity contribution >= 4 is 11.0 Å². The minimum Gasteiger partial charge on any atom is -0.507 e. The number of hydrogen-bond acceptors (Lipinski definition) is 25. The smallest absolute Gasteiger partial charge is 0.239 e. The number of aliphatic hydroxyl groups is 12. The van der Waals surface area contributed by atoms with Crippen molar-refractivity contribution in [2.75, 3.05) is 13.2 Å². The Morgan fingerprint density at radius 1 is 0.562 bits per heavy atom. The van der Waals surface area contributed by atoms with Crippen LogP contribution in [0.1, 0.15) is 13.8 Å². The van der Waals surface area contributed by atoms with Crippen molar-refractivity contribution in [2.45, 2.75) is 137 Å². The Hall–Kier alpha value is -4.07. The molecule has 7 rings (SSSR count). The van der Waals surface area contributed by atoms with Crippen molar-refractivity contribution in [1.29, 1.82) is 0 Å². The van der Waals surface area contributed by atoms with E-state index < -0.39 is 181 Å². The molecule has 1 aromatic heterocycles. The third-order valence-electron chi connectivity index (χ3n) is 11.5. The first-order valence-corrected chi connectivity index (χ1v) is 19.9. The van der Waals surface area contributed by atoms with Crippen LogP contribution in [0, 0.1) is 0 Å². The van der Waals surface area contributed by atoms with Crippen molar-refractivity contribution in [1.82, 2.24) is 0 Å². The zero-order chi connectivity index (χ0) is 46.6. The second-order valence-electron chi connectivity index (χ2n) is 15.9. The molecule has 0 unspecified atom stereocenters. The molecule has 20 atom stereocenters. The number of aliphatic hydroxyl groups excluding tert-OH is 12. The summed E-state index contributed by atoms with van der Waals surface area (Å²) in [6.45, 7) is 1.10. The number of ether oxygens (including phenoxy) is 8. The maximum atomic E-state index is 14.5. The Labute approximate surface area is 360 Å². The number of fused-ring (bicyclic) bond motifs is 1. The molecule has 64 heavy (non-hydrogen) atoms. The van der Waals surface area contributed by atoms with E-state index in [1.807, 2.05) is 0 Å². The summed E-state index contributed by atoms with van der Waals surface area (Å²) >= 11 is 0. The number of phenols is 3. The molecule has 2 aromatic carbocycles. The molecule has 0 amide bonds. The summed E-state index contributed by atoms with van der Waals surface area (Å²) in [6.07, 6.45) is -34.9. The summed E-state index contributed by atoms with van der Waals surface area (Å²) in [6, 6.07) is 5.07. The minimum atomic E-state index is -2.16. The quantitative estimate of drug-likeness (QED) is 0.0798. The third kappa shape index (κ3) is 9.06. The van der Waals surface area contributed by atoms with Gasteiger partial charge >= 0.3 is 0 Å². The molecule has 4 aliphatic heterocycles. The molecule has 25 nitrogen and oxygen atoms in total. The van der Waals surface area contributed by atoms with Gasteiger partial charge in [0.05, 0.1) is 25.4 Å². The van der Waals surface area contributed by atoms with E-state index in [0.29, 0.717) is 0 Å². The number of benzene rings is 2. The Bertz CT molecular complexity index is 2150. The highest BCUT2D eigenvalue weighted by Gasteiger charge is 2.53. The third-order valence-corrected chi connectivity index (χ3v) is 11.5. The maximum absolute atomic E-state index is 14.5. The summed E-state index contributed by atoms with van der Waals surface area (Å²) in [7, 11) is 0. The van der Waals surface area contributed by atoms with Crippen LogP contribution in [-0.2, 0) is 28.4 Å². The molecule has 25 heteroatoms. The molecule has 0 spiro atoms. The van der Waals surface area contributed by atoms with E-state index >= 15 is 0 Å². The number of phenolic OH excluding ortho intramolecular Hbond substituents is 3. The van der Waals surface area contributed by atoms with Crippen LogP contribution >= 0.6 is 0 Å². The van der Waals surface area contributed by atoms with E-state index in [1.54, 1.807) is 0 Å². The first-order valence-electron chi connectivity index (χ1n) is 19.9. The second-order valence-corrected chi connectivity index (χ2v) is 15.9. The van der Waals surface area contributed by atoms with E-state index in [2.05, 4.69) is 0 Å². The van der Waals surface area contributed by atoms with Crippen LogP contribution in [0.4, 0.5) is 0 Å². The van der Waals surface area contributed by atoms with Crippen molar-refractivity contribution in [2.24, 2.45) is 0 Å². The summed E-state index contributed by atoms with van der Waals surface area (Å²) < 4.78 is 51.5. The highest BCUT2D eigenvalue weighted by Crippen LogP contribution is 2.41. The fourth-order valence-electron chi connectivity index (χ4n) is 7.61. The van der Waals surface area contributed by atoms with E-state index in [-0.39, 0.29) is 11.3 Å². The van der Waals surface area contributed by atoms with Gasteiger partial charge in [-0.3, -0.25) is 4.79 Å². The monoisotopic (exact) mass is 918 g/mol. The molecule has 4 aliphatic rings. The molecular formula is C39H50O25. The summed E-state index contributed by atoms with van der Waals surface area (Å²) in [4.78, 5) is 14.5. The summed E-state index contributed by atoms with van der Waals surface area (Å²) in [5, 5.41) is 157. The standard InChI is InChI=1S/C39H50O25/c1-10-21(44)26(49)30(53)36(57-10)56-9-19-24(47)29(52)35(64-38-32(55)28(51)23(46)18(8-40)61-38)39(62-19)63-34-25(48)20-16(43)6-13(59-37-31(54)27(50)22(45)11(2)58-37)7-17(20)60-33(34)12-3-4-14(41)15(42)5-12/h3-7,10-11,18-19,21-24,26-32,35-47,49-55H,8-9H2,1-2H3/t10-,11-,18+,19+,21-,22-,23+,24+,26+,27+,28-,29-,30-,31-,32+,35+,36+,37-,38-,39-/m0/s1. The van der Waals surface area contributed by atoms with Crippen molar-refractivity contribution < 1.29 is 119 Å². The Morgan fingerprint density at radius 3 is 1.78 bits per heavy atom. The summed E-state index contributed by atoms with van der Waals surface area (Å²) in [5.41, 5.74) is -1.83. The fourth-order valence-corrected chi connectivity index (χ4v) is 7.61. The van der Waals surface area contributed by atoms with Gasteiger partial charge in [0.25, 0.3) is 0 Å². The highest BCUT2D eigenvalue weighted by molar-refractivity contribution is 5.88. The predicted molar refractivity (Wildman–Crippen MR) is 204 cm³/mol. The largest absolute Gasteiger partial charge is 0.507 e. The molecule has 4 saturated heterocycles. The average Bonchev–Trinajstić information content (AvgIpc) is 3.26. The van der Waals surface area contributed by atoms with Gasteiger partial charge in [-0.15, -0.1) is 0 Å². The van der Waals surface area contributed by atoms with Gasteiger partial charge in [-0.05, 0) is 32.0 Å². The number of rotatable bonds is 11. The van der Waals surface area contributed by atoms with E-state index in [4.69, 9.17) is 42.3 Å². The van der Waals surface area contributed by atoms with Gasteiger partial charge in [0.1, 0.15) is 102 Å². The SMILES string of the molecule is C[C@@H]1O[C@@H](OC[C@H]2O[C@@H](Oc3c(-c4ccc(O)c(O)c4)oc4cc(O[C@@H]5O[C@@H](C)[C@H](O)[C@@H](O)[C@@H]5O)cc(O)c4c3=O)[C@H](O[C@@H]3O[C@H](CO)[C@@H](O)[C@H](O)[C@H]3O)[C@@H](O)[C@@H]2O)[C@@H](O)[C@H](O)[C@H]1O. The van der Waals surface area contributed by atoms with Crippen molar-refractivity contribution in [3.05, 3.63) is 40.6 Å². The van der Waals surface area contributed by atoms with Crippen molar-refractivity contribution in [3.63, 3.8) is 0 Å². The maximum Gasteiger partial charge on any atom is 0.239 e. The number of hydrogen-bond donors (Lipinski definition) is 15. The van der Waals surface area contributed by atoms with E-state index in [1.165, 1.54) is 13.8 Å². The molecule has 0 saturated carbocycles. The highest BCUT2D eigenvalue weighted by atomic mass is 16.8. The van der Waals surface area contributed by atoms with Gasteiger partial charge in [-0.25, -0.2) is 0 Å². The average molecular weight is 919 g/mol. The molecule has 3 aromatic rings. The van der Waals surface area contributed by atoms with Gasteiger partial charge in [-0.1, -0.05) is 0 Å². The van der Waals surface area contributed by atoms with Gasteiger partial charge in [0.15, 0.2) is 35.9 Å². The van der Waals surface area contributed by atoms with Gasteiger partial charge in [0.2, 0.25) is 23.8 Å². The van der Waals surface area contributed by atoms with Crippen LogP contribution in [0.15, 0.2) is 39.5 Å². The zero-order valence-corrected chi connectivity index (χ0v) is 33.6. The fraction of sp³-hybridized carbons (Fsp3) is 0.615. The van der Waals surface area contributed by atoms with E-state index in [9.17, 15) is 81.4 Å². The van der Waals surface area contributed by atoms with Gasteiger partial charge in [-0.2, -0.15) is 0 Å². The van der Waals surface area contributed by atoms with Crippen LogP contribution in [0.5, 0.6) is 28.7 Å². The lowest BCUT2D eigenvalue weighted by Crippen LogP contribution is -2.65. The minimum absolute atomic E-state index is 0.187. The Kier molecular flexibility index (Phi) is 14.2. The lowest BCUT2D eigenvalue weighted by atomic mass is 9.97. The number of aromatic hydroxyl groups is 3. The molecule has 5 heterocycles. The van der Waals surface area contributed by atoms with Crippen LogP contribution in [-0.4, -0.2) is 213 Å². The van der Waals surface area contributed by atoms with Crippen LogP contribution in [0.3, 0.4) is 0 Å². The van der Waals surface area contributed by atoms with Crippen LogP contribution in [0.2, 0.25) is 0 Å². The lowest BCUT2D eigenvalue weighted by molar-refractivity contribution is -0.362. The molecule has 4 fully saturated rings. The van der Waals surface area contributed by atoms with Crippen LogP contribution < -0.4 is 14.9 Å². The zero-order valence-electron chi connectivity index (χ0n) is 33.6. The van der Waals surface area contributed by atoms with Crippen molar-refractivity contribution in [3.8, 4) is 40.1 Å².